The lowest BCUT2D eigenvalue weighted by Gasteiger charge is -2.12. The maximum atomic E-state index is 10.6. The van der Waals surface area contributed by atoms with Crippen molar-refractivity contribution in [2.24, 2.45) is 5.73 Å². The highest BCUT2D eigenvalue weighted by atomic mass is 16.5. The van der Waals surface area contributed by atoms with Crippen molar-refractivity contribution in [1.29, 1.82) is 0 Å². The Kier molecular flexibility index (Phi) is 6.99. The van der Waals surface area contributed by atoms with Gasteiger partial charge in [0.1, 0.15) is 0 Å². The van der Waals surface area contributed by atoms with Crippen LogP contribution in [-0.4, -0.2) is 46.7 Å². The topological polar surface area (TPSA) is 127 Å². The second kappa shape index (κ2) is 8.77. The van der Waals surface area contributed by atoms with Crippen molar-refractivity contribution in [3.8, 4) is 6.01 Å². The molecule has 0 aliphatic carbocycles. The molecule has 9 heteroatoms. The molecule has 21 heavy (non-hydrogen) atoms. The molecule has 5 N–H and O–H groups in total. The lowest BCUT2D eigenvalue weighted by molar-refractivity contribution is 0.222. The number of amides is 2. The summed E-state index contributed by atoms with van der Waals surface area (Å²) in [5.41, 5.74) is 4.98. The molecule has 0 saturated heterocycles. The van der Waals surface area contributed by atoms with E-state index in [1.54, 1.807) is 0 Å². The molecule has 9 nitrogen and oxygen atoms in total. The van der Waals surface area contributed by atoms with Crippen molar-refractivity contribution < 1.29 is 9.53 Å². The SMILES string of the molecule is CCCNc1nc(NCCNC(N)=O)nc(OC(C)C)n1. The second-order valence-electron chi connectivity index (χ2n) is 4.58. The predicted molar refractivity (Wildman–Crippen MR) is 80.4 cm³/mol. The fourth-order valence-electron chi connectivity index (χ4n) is 1.37. The molecule has 0 fully saturated rings. The van der Waals surface area contributed by atoms with Gasteiger partial charge in [0.25, 0.3) is 0 Å². The van der Waals surface area contributed by atoms with E-state index in [1.165, 1.54) is 0 Å². The van der Waals surface area contributed by atoms with Crippen LogP contribution in [0.2, 0.25) is 0 Å². The number of hydrogen-bond donors (Lipinski definition) is 4. The number of rotatable bonds is 9. The minimum Gasteiger partial charge on any atom is -0.461 e. The van der Waals surface area contributed by atoms with Crippen LogP contribution in [0.15, 0.2) is 0 Å². The van der Waals surface area contributed by atoms with Crippen LogP contribution in [0, 0.1) is 0 Å². The van der Waals surface area contributed by atoms with Gasteiger partial charge >= 0.3 is 12.0 Å². The molecule has 0 aliphatic rings. The molecule has 0 aliphatic heterocycles. The maximum absolute atomic E-state index is 10.6. The maximum Gasteiger partial charge on any atom is 0.323 e. The number of hydrogen-bond acceptors (Lipinski definition) is 7. The third-order valence-corrected chi connectivity index (χ3v) is 2.20. The fraction of sp³-hybridized carbons (Fsp3) is 0.667. The highest BCUT2D eigenvalue weighted by molar-refractivity contribution is 5.71. The molecule has 0 bridgehead atoms. The van der Waals surface area contributed by atoms with Crippen LogP contribution in [0.3, 0.4) is 0 Å². The van der Waals surface area contributed by atoms with E-state index in [4.69, 9.17) is 10.5 Å². The van der Waals surface area contributed by atoms with Crippen LogP contribution < -0.4 is 26.4 Å². The first kappa shape index (κ1) is 16.7. The van der Waals surface area contributed by atoms with Crippen LogP contribution in [0.5, 0.6) is 6.01 Å². The Morgan fingerprint density at radius 1 is 1.14 bits per heavy atom. The van der Waals surface area contributed by atoms with E-state index in [-0.39, 0.29) is 12.1 Å². The zero-order valence-corrected chi connectivity index (χ0v) is 12.6. The Balaban J connectivity index is 2.68. The molecule has 1 aromatic heterocycles. The number of nitrogens with one attached hydrogen (secondary N) is 3. The van der Waals surface area contributed by atoms with Crippen molar-refractivity contribution in [2.75, 3.05) is 30.3 Å². The summed E-state index contributed by atoms with van der Waals surface area (Å²) in [5.74, 6) is 0.832. The summed E-state index contributed by atoms with van der Waals surface area (Å²) in [6.45, 7) is 7.42. The number of nitrogens with two attached hydrogens (primary N) is 1. The van der Waals surface area contributed by atoms with E-state index in [2.05, 4.69) is 30.9 Å². The zero-order valence-electron chi connectivity index (χ0n) is 12.6. The Hall–Kier alpha value is -2.32. The van der Waals surface area contributed by atoms with Crippen LogP contribution in [-0.2, 0) is 0 Å². The Morgan fingerprint density at radius 2 is 1.76 bits per heavy atom. The molecular weight excluding hydrogens is 274 g/mol. The number of primary amides is 1. The molecule has 1 heterocycles. The molecule has 0 spiro atoms. The summed E-state index contributed by atoms with van der Waals surface area (Å²) in [7, 11) is 0. The van der Waals surface area contributed by atoms with Gasteiger partial charge in [-0.15, -0.1) is 0 Å². The van der Waals surface area contributed by atoms with Crippen molar-refractivity contribution in [3.05, 3.63) is 0 Å². The zero-order chi connectivity index (χ0) is 15.7. The van der Waals surface area contributed by atoms with Gasteiger partial charge in [0.05, 0.1) is 6.10 Å². The smallest absolute Gasteiger partial charge is 0.323 e. The van der Waals surface area contributed by atoms with E-state index >= 15 is 0 Å². The molecule has 0 radical (unpaired) electrons. The number of carbonyl (C=O) groups excluding carboxylic acids is 1. The monoisotopic (exact) mass is 297 g/mol. The molecule has 1 rings (SSSR count). The molecule has 0 atom stereocenters. The highest BCUT2D eigenvalue weighted by Gasteiger charge is 2.08. The minimum absolute atomic E-state index is 0.0317. The van der Waals surface area contributed by atoms with E-state index in [1.807, 2.05) is 20.8 Å². The average molecular weight is 297 g/mol. The molecule has 2 amide bonds. The Bertz CT molecular complexity index is 453. The van der Waals surface area contributed by atoms with Crippen molar-refractivity contribution in [2.45, 2.75) is 33.3 Å². The molecule has 0 aromatic carbocycles. The van der Waals surface area contributed by atoms with E-state index in [0.717, 1.165) is 13.0 Å². The van der Waals surface area contributed by atoms with Crippen LogP contribution >= 0.6 is 0 Å². The van der Waals surface area contributed by atoms with E-state index in [9.17, 15) is 4.79 Å². The summed E-state index contributed by atoms with van der Waals surface area (Å²) >= 11 is 0. The van der Waals surface area contributed by atoms with Crippen molar-refractivity contribution in [3.63, 3.8) is 0 Å². The van der Waals surface area contributed by atoms with Gasteiger partial charge in [0, 0.05) is 19.6 Å². The summed E-state index contributed by atoms with van der Waals surface area (Å²) in [6.07, 6.45) is 0.924. The van der Waals surface area contributed by atoms with Gasteiger partial charge in [0.15, 0.2) is 0 Å². The normalized spacial score (nSPS) is 10.3. The Morgan fingerprint density at radius 3 is 2.29 bits per heavy atom. The number of aromatic nitrogens is 3. The first-order chi connectivity index (χ1) is 10.0. The number of anilines is 2. The quantitative estimate of drug-likeness (QED) is 0.490. The number of carbonyl (C=O) groups is 1. The van der Waals surface area contributed by atoms with Gasteiger partial charge in [0.2, 0.25) is 11.9 Å². The van der Waals surface area contributed by atoms with E-state index < -0.39 is 6.03 Å². The molecule has 118 valence electrons. The average Bonchev–Trinajstić information content (AvgIpc) is 2.40. The minimum atomic E-state index is -0.568. The molecule has 1 aromatic rings. The van der Waals surface area contributed by atoms with Gasteiger partial charge in [-0.05, 0) is 20.3 Å². The van der Waals surface area contributed by atoms with Crippen molar-refractivity contribution >= 4 is 17.9 Å². The Labute approximate surface area is 124 Å². The summed E-state index contributed by atoms with van der Waals surface area (Å²) in [5, 5.41) is 8.53. The van der Waals surface area contributed by atoms with Crippen molar-refractivity contribution in [1.82, 2.24) is 20.3 Å². The molecular formula is C12H23N7O2. The van der Waals surface area contributed by atoms with Crippen LogP contribution in [0.1, 0.15) is 27.2 Å². The fourth-order valence-corrected chi connectivity index (χ4v) is 1.37. The number of ether oxygens (including phenoxy) is 1. The first-order valence-corrected chi connectivity index (χ1v) is 6.95. The van der Waals surface area contributed by atoms with Gasteiger partial charge in [-0.2, -0.15) is 15.0 Å². The first-order valence-electron chi connectivity index (χ1n) is 6.95. The lowest BCUT2D eigenvalue weighted by atomic mass is 10.5. The van der Waals surface area contributed by atoms with Crippen LogP contribution in [0.4, 0.5) is 16.7 Å². The molecule has 0 saturated carbocycles. The van der Waals surface area contributed by atoms with E-state index in [0.29, 0.717) is 25.0 Å². The lowest BCUT2D eigenvalue weighted by Crippen LogP contribution is -2.33. The highest BCUT2D eigenvalue weighted by Crippen LogP contribution is 2.12. The summed E-state index contributed by atoms with van der Waals surface area (Å²) in [6, 6.07) is -0.314. The van der Waals surface area contributed by atoms with Gasteiger partial charge in [-0.1, -0.05) is 6.92 Å². The third kappa shape index (κ3) is 7.14. The summed E-state index contributed by atoms with van der Waals surface area (Å²) in [4.78, 5) is 23.1. The largest absolute Gasteiger partial charge is 0.461 e. The number of nitrogens with zero attached hydrogens (tertiary/aromatic N) is 3. The second-order valence-corrected chi connectivity index (χ2v) is 4.58. The standard InChI is InChI=1S/C12H23N7O2/c1-4-5-15-10-17-11(16-7-6-14-9(13)20)19-12(18-10)21-8(2)3/h8H,4-7H2,1-3H3,(H3,13,14,20)(H2,15,16,17,18,19). The molecule has 0 unspecified atom stereocenters. The third-order valence-electron chi connectivity index (χ3n) is 2.20. The van der Waals surface area contributed by atoms with Gasteiger partial charge < -0.3 is 26.4 Å². The van der Waals surface area contributed by atoms with Crippen LogP contribution in [0.25, 0.3) is 0 Å². The van der Waals surface area contributed by atoms with Gasteiger partial charge in [-0.3, -0.25) is 0 Å². The van der Waals surface area contributed by atoms with Gasteiger partial charge in [-0.25, -0.2) is 4.79 Å². The predicted octanol–water partition coefficient (Wildman–Crippen LogP) is 0.561. The number of urea groups is 1. The summed E-state index contributed by atoms with van der Waals surface area (Å²) < 4.78 is 5.49.